The number of nitrogens with one attached hydrogen (secondary N) is 1. The Morgan fingerprint density at radius 2 is 0.968 bits per heavy atom. The molecular weight excluding hydrogens is 804 g/mol. The maximum Gasteiger partial charge on any atom is 0.268 e. The molecule has 0 fully saturated rings. The van der Waals surface area contributed by atoms with E-state index in [0.717, 1.165) is 77.0 Å². The number of aliphatic hydroxyl groups excluding tert-OH is 1. The van der Waals surface area contributed by atoms with E-state index in [2.05, 4.69) is 79.9 Å². The molecule has 1 amide bonds. The number of quaternary nitrogens is 1. The molecule has 0 saturated carbocycles. The van der Waals surface area contributed by atoms with Crippen molar-refractivity contribution in [1.29, 1.82) is 0 Å². The summed E-state index contributed by atoms with van der Waals surface area (Å²) in [4.78, 5) is 25.2. The Morgan fingerprint density at radius 3 is 1.41 bits per heavy atom. The van der Waals surface area contributed by atoms with E-state index in [-0.39, 0.29) is 19.1 Å². The van der Waals surface area contributed by atoms with Crippen LogP contribution in [0.5, 0.6) is 0 Å². The predicted octanol–water partition coefficient (Wildman–Crippen LogP) is 14.5. The number of carbonyl (C=O) groups excluding carboxylic acids is 1. The van der Waals surface area contributed by atoms with Crippen molar-refractivity contribution in [1.82, 2.24) is 5.32 Å². The third-order valence-electron chi connectivity index (χ3n) is 11.2. The van der Waals surface area contributed by atoms with Gasteiger partial charge in [0.25, 0.3) is 7.82 Å². The molecule has 9 heteroatoms. The van der Waals surface area contributed by atoms with Crippen molar-refractivity contribution in [2.45, 2.75) is 225 Å². The second-order valence-electron chi connectivity index (χ2n) is 18.5. The normalized spacial score (nSPS) is 14.7. The van der Waals surface area contributed by atoms with E-state index in [0.29, 0.717) is 17.4 Å². The van der Waals surface area contributed by atoms with Gasteiger partial charge >= 0.3 is 0 Å². The largest absolute Gasteiger partial charge is 0.756 e. The minimum Gasteiger partial charge on any atom is -0.756 e. The van der Waals surface area contributed by atoms with Crippen LogP contribution in [-0.2, 0) is 18.4 Å². The predicted molar refractivity (Wildman–Crippen MR) is 270 cm³/mol. The van der Waals surface area contributed by atoms with E-state index in [1.54, 1.807) is 6.08 Å². The Kier molecular flexibility index (Phi) is 43.6. The van der Waals surface area contributed by atoms with Crippen LogP contribution in [0.3, 0.4) is 0 Å². The Morgan fingerprint density at radius 1 is 0.571 bits per heavy atom. The number of likely N-dealkylation sites (N-methyl/N-ethyl adjacent to an activating group) is 1. The summed E-state index contributed by atoms with van der Waals surface area (Å²) in [6.45, 7) is 4.44. The summed E-state index contributed by atoms with van der Waals surface area (Å²) >= 11 is 0. The van der Waals surface area contributed by atoms with Crippen LogP contribution in [0.25, 0.3) is 0 Å². The Labute approximate surface area is 389 Å². The van der Waals surface area contributed by atoms with Gasteiger partial charge in [0, 0.05) is 6.42 Å². The summed E-state index contributed by atoms with van der Waals surface area (Å²) in [6, 6.07) is -0.883. The molecule has 3 atom stereocenters. The first kappa shape index (κ1) is 60.9. The molecule has 0 rings (SSSR count). The Balaban J connectivity index is 3.84. The number of phosphoric acid groups is 1. The van der Waals surface area contributed by atoms with Gasteiger partial charge in [0.15, 0.2) is 0 Å². The second-order valence-corrected chi connectivity index (χ2v) is 19.9. The summed E-state index contributed by atoms with van der Waals surface area (Å²) in [7, 11) is 1.25. The van der Waals surface area contributed by atoms with Crippen molar-refractivity contribution in [2.24, 2.45) is 0 Å². The van der Waals surface area contributed by atoms with E-state index < -0.39 is 20.0 Å². The first-order valence-electron chi connectivity index (χ1n) is 25.8. The molecule has 0 aromatic carbocycles. The van der Waals surface area contributed by atoms with Gasteiger partial charge in [-0.1, -0.05) is 215 Å². The van der Waals surface area contributed by atoms with Gasteiger partial charge in [0.2, 0.25) is 5.91 Å². The van der Waals surface area contributed by atoms with Crippen LogP contribution < -0.4 is 10.2 Å². The lowest BCUT2D eigenvalue weighted by Gasteiger charge is -2.29. The molecule has 0 aliphatic rings. The van der Waals surface area contributed by atoms with Gasteiger partial charge < -0.3 is 28.8 Å². The fraction of sp³-hybridized carbons (Fsp3) is 0.759. The van der Waals surface area contributed by atoms with Crippen LogP contribution in [0, 0.1) is 0 Å². The molecule has 2 N–H and O–H groups in total. The lowest BCUT2D eigenvalue weighted by molar-refractivity contribution is -0.870. The fourth-order valence-corrected chi connectivity index (χ4v) is 7.84. The van der Waals surface area contributed by atoms with Crippen LogP contribution in [-0.4, -0.2) is 68.5 Å². The lowest BCUT2D eigenvalue weighted by Crippen LogP contribution is -2.45. The smallest absolute Gasteiger partial charge is 0.268 e. The standard InChI is InChI=1S/C54H99N2O6P/c1-6-8-10-12-14-15-16-17-18-19-20-21-22-23-24-25-26-27-28-29-30-31-32-33-34-35-36-37-38-39-40-41-42-44-46-48-54(58)55-52(53(57)47-45-43-13-11-9-7-2)51-62-63(59,60)61-50-49-56(3,4)5/h8,10,14-15,17-18,20-21,23-24,45,47,52-53,57H,6-7,9,11-13,16,19,22,25-44,46,48-51H2,1-5H3,(H-,55,58,59,60)/b10-8-,15-14-,18-17-,21-20-,24-23-,47-45+. The SMILES string of the molecule is CC/C=C\C/C=C\C/C=C\C/C=C\C/C=C\CCCCCCCCCCCCCCCCCCCCCC(=O)NC(COP(=O)([O-])OCC[N+](C)(C)C)C(O)/C=C/CCCCCC. The van der Waals surface area contributed by atoms with E-state index in [4.69, 9.17) is 9.05 Å². The molecular formula is C54H99N2O6P. The van der Waals surface area contributed by atoms with Gasteiger partial charge in [-0.15, -0.1) is 0 Å². The van der Waals surface area contributed by atoms with Crippen molar-refractivity contribution in [2.75, 3.05) is 40.9 Å². The van der Waals surface area contributed by atoms with Crippen LogP contribution in [0.4, 0.5) is 0 Å². The maximum absolute atomic E-state index is 12.8. The first-order chi connectivity index (χ1) is 30.5. The third kappa shape index (κ3) is 47.7. The zero-order valence-corrected chi connectivity index (χ0v) is 42.4. The topological polar surface area (TPSA) is 108 Å². The zero-order valence-electron chi connectivity index (χ0n) is 41.5. The van der Waals surface area contributed by atoms with Crippen molar-refractivity contribution in [3.8, 4) is 0 Å². The number of phosphoric ester groups is 1. The molecule has 0 bridgehead atoms. The minimum atomic E-state index is -4.58. The summed E-state index contributed by atoms with van der Waals surface area (Å²) in [6.07, 6.45) is 61.6. The molecule has 0 aliphatic heterocycles. The van der Waals surface area contributed by atoms with Gasteiger partial charge in [0.05, 0.1) is 39.9 Å². The highest BCUT2D eigenvalue weighted by Crippen LogP contribution is 2.38. The zero-order chi connectivity index (χ0) is 46.4. The average Bonchev–Trinajstić information content (AvgIpc) is 3.24. The maximum atomic E-state index is 12.8. The van der Waals surface area contributed by atoms with Crippen molar-refractivity contribution >= 4 is 13.7 Å². The molecule has 0 spiro atoms. The Bertz CT molecular complexity index is 1250. The van der Waals surface area contributed by atoms with Gasteiger partial charge in [-0.05, 0) is 64.2 Å². The van der Waals surface area contributed by atoms with Crippen LogP contribution >= 0.6 is 7.82 Å². The number of aliphatic hydroxyl groups is 1. The highest BCUT2D eigenvalue weighted by molar-refractivity contribution is 7.45. The average molecular weight is 903 g/mol. The van der Waals surface area contributed by atoms with Crippen LogP contribution in [0.15, 0.2) is 72.9 Å². The summed E-state index contributed by atoms with van der Waals surface area (Å²) < 4.78 is 23.1. The minimum absolute atomic E-state index is 0.00265. The van der Waals surface area contributed by atoms with E-state index in [1.165, 1.54) is 116 Å². The molecule has 0 saturated heterocycles. The summed E-state index contributed by atoms with van der Waals surface area (Å²) in [5.74, 6) is -0.204. The van der Waals surface area contributed by atoms with Gasteiger partial charge in [-0.2, -0.15) is 0 Å². The van der Waals surface area contributed by atoms with Crippen LogP contribution in [0.1, 0.15) is 213 Å². The summed E-state index contributed by atoms with van der Waals surface area (Å²) in [5.41, 5.74) is 0. The molecule has 0 aliphatic carbocycles. The highest BCUT2D eigenvalue weighted by atomic mass is 31.2. The third-order valence-corrected chi connectivity index (χ3v) is 12.1. The molecule has 0 heterocycles. The van der Waals surface area contributed by atoms with E-state index in [1.807, 2.05) is 27.2 Å². The number of carbonyl (C=O) groups is 1. The lowest BCUT2D eigenvalue weighted by atomic mass is 10.0. The number of hydrogen-bond acceptors (Lipinski definition) is 6. The molecule has 0 aromatic heterocycles. The van der Waals surface area contributed by atoms with Crippen molar-refractivity contribution in [3.05, 3.63) is 72.9 Å². The number of allylic oxidation sites excluding steroid dienone is 11. The molecule has 0 radical (unpaired) electrons. The van der Waals surface area contributed by atoms with Gasteiger partial charge in [-0.25, -0.2) is 0 Å². The second kappa shape index (κ2) is 45.1. The van der Waals surface area contributed by atoms with E-state index in [9.17, 15) is 19.4 Å². The quantitative estimate of drug-likeness (QED) is 0.0273. The molecule has 366 valence electrons. The molecule has 0 aromatic rings. The molecule has 63 heavy (non-hydrogen) atoms. The number of unbranched alkanes of at least 4 members (excludes halogenated alkanes) is 23. The van der Waals surface area contributed by atoms with E-state index >= 15 is 0 Å². The number of nitrogens with zero attached hydrogens (tertiary/aromatic N) is 1. The number of rotatable bonds is 46. The Hall–Kier alpha value is -2.06. The monoisotopic (exact) mass is 903 g/mol. The fourth-order valence-electron chi connectivity index (χ4n) is 7.12. The highest BCUT2D eigenvalue weighted by Gasteiger charge is 2.23. The van der Waals surface area contributed by atoms with Crippen LogP contribution in [0.2, 0.25) is 0 Å². The number of hydrogen-bond donors (Lipinski definition) is 2. The molecule has 3 unspecified atom stereocenters. The number of amides is 1. The van der Waals surface area contributed by atoms with Gasteiger partial charge in [-0.3, -0.25) is 9.36 Å². The van der Waals surface area contributed by atoms with Crippen molar-refractivity contribution < 1.29 is 32.9 Å². The van der Waals surface area contributed by atoms with Crippen molar-refractivity contribution in [3.63, 3.8) is 0 Å². The molecule has 8 nitrogen and oxygen atoms in total. The first-order valence-corrected chi connectivity index (χ1v) is 27.3. The summed E-state index contributed by atoms with van der Waals surface area (Å²) in [5, 5.41) is 13.6. The van der Waals surface area contributed by atoms with Gasteiger partial charge in [0.1, 0.15) is 13.2 Å².